The summed E-state index contributed by atoms with van der Waals surface area (Å²) >= 11 is 11.1. The standard InChI is InChI=1S/C13H15ClN2O2S/c1-18-13(17)10-3-2-6-16(10)11-7-8(14)4-5-9(11)12(15)19/h4-5,7,10H,2-3,6H2,1H3,(H2,15,19). The van der Waals surface area contributed by atoms with Crippen LogP contribution in [0.4, 0.5) is 5.69 Å². The van der Waals surface area contributed by atoms with E-state index in [0.717, 1.165) is 30.6 Å². The number of anilines is 1. The molecule has 0 radical (unpaired) electrons. The molecule has 1 atom stereocenters. The highest BCUT2D eigenvalue weighted by atomic mass is 35.5. The highest BCUT2D eigenvalue weighted by molar-refractivity contribution is 7.80. The summed E-state index contributed by atoms with van der Waals surface area (Å²) in [6.45, 7) is 0.760. The number of hydrogen-bond donors (Lipinski definition) is 1. The van der Waals surface area contributed by atoms with Crippen LogP contribution < -0.4 is 10.6 Å². The van der Waals surface area contributed by atoms with E-state index in [1.54, 1.807) is 18.2 Å². The second-order valence-corrected chi connectivity index (χ2v) is 5.28. The van der Waals surface area contributed by atoms with Crippen molar-refractivity contribution >= 4 is 40.5 Å². The first-order chi connectivity index (χ1) is 9.04. The highest BCUT2D eigenvalue weighted by Gasteiger charge is 2.33. The van der Waals surface area contributed by atoms with Crippen molar-refractivity contribution in [2.45, 2.75) is 18.9 Å². The molecule has 2 rings (SSSR count). The number of nitrogens with zero attached hydrogens (tertiary/aromatic N) is 1. The molecule has 1 aromatic carbocycles. The van der Waals surface area contributed by atoms with Crippen molar-refractivity contribution < 1.29 is 9.53 Å². The number of benzene rings is 1. The number of carbonyl (C=O) groups excluding carboxylic acids is 1. The first kappa shape index (κ1) is 14.1. The van der Waals surface area contributed by atoms with Crippen molar-refractivity contribution in [1.29, 1.82) is 0 Å². The van der Waals surface area contributed by atoms with E-state index in [9.17, 15) is 4.79 Å². The fourth-order valence-corrected chi connectivity index (χ4v) is 2.73. The lowest BCUT2D eigenvalue weighted by Gasteiger charge is -2.27. The third-order valence-electron chi connectivity index (χ3n) is 3.26. The number of nitrogens with two attached hydrogens (primary N) is 1. The molecule has 1 aromatic rings. The molecule has 1 aliphatic heterocycles. The van der Waals surface area contributed by atoms with Crippen LogP contribution in [0.5, 0.6) is 0 Å². The van der Waals surface area contributed by atoms with Crippen LogP contribution in [-0.2, 0) is 9.53 Å². The van der Waals surface area contributed by atoms with E-state index in [2.05, 4.69) is 0 Å². The van der Waals surface area contributed by atoms with Gasteiger partial charge in [-0.25, -0.2) is 4.79 Å². The molecule has 1 fully saturated rings. The molecule has 0 saturated carbocycles. The summed E-state index contributed by atoms with van der Waals surface area (Å²) in [6, 6.07) is 5.02. The van der Waals surface area contributed by atoms with Gasteiger partial charge >= 0.3 is 5.97 Å². The van der Waals surface area contributed by atoms with E-state index in [0.29, 0.717) is 10.0 Å². The van der Waals surface area contributed by atoms with Crippen molar-refractivity contribution in [3.05, 3.63) is 28.8 Å². The third-order valence-corrected chi connectivity index (χ3v) is 3.72. The quantitative estimate of drug-likeness (QED) is 0.684. The van der Waals surface area contributed by atoms with Gasteiger partial charge in [0.25, 0.3) is 0 Å². The fourth-order valence-electron chi connectivity index (χ4n) is 2.39. The van der Waals surface area contributed by atoms with Gasteiger partial charge in [-0.05, 0) is 31.0 Å². The summed E-state index contributed by atoms with van der Waals surface area (Å²) in [5, 5.41) is 0.588. The molecule has 19 heavy (non-hydrogen) atoms. The molecule has 2 N–H and O–H groups in total. The number of thiocarbonyl (C=S) groups is 1. The second-order valence-electron chi connectivity index (χ2n) is 4.40. The Balaban J connectivity index is 2.42. The molecule has 0 aromatic heterocycles. The maximum Gasteiger partial charge on any atom is 0.328 e. The lowest BCUT2D eigenvalue weighted by Crippen LogP contribution is -2.38. The molecule has 0 bridgehead atoms. The normalized spacial score (nSPS) is 18.4. The summed E-state index contributed by atoms with van der Waals surface area (Å²) in [4.78, 5) is 14.1. The van der Waals surface area contributed by atoms with Crippen molar-refractivity contribution in [3.8, 4) is 0 Å². The molecular weight excluding hydrogens is 284 g/mol. The maximum absolute atomic E-state index is 11.8. The van der Waals surface area contributed by atoms with Gasteiger partial charge in [-0.15, -0.1) is 0 Å². The number of esters is 1. The van der Waals surface area contributed by atoms with Gasteiger partial charge in [0.2, 0.25) is 0 Å². The van der Waals surface area contributed by atoms with Crippen LogP contribution in [-0.4, -0.2) is 30.7 Å². The van der Waals surface area contributed by atoms with E-state index < -0.39 is 0 Å². The summed E-state index contributed by atoms with van der Waals surface area (Å²) in [6.07, 6.45) is 1.68. The summed E-state index contributed by atoms with van der Waals surface area (Å²) in [5.74, 6) is -0.244. The number of carbonyl (C=O) groups is 1. The average Bonchev–Trinajstić information content (AvgIpc) is 2.86. The molecule has 102 valence electrons. The molecule has 4 nitrogen and oxygen atoms in total. The van der Waals surface area contributed by atoms with Crippen LogP contribution in [0.1, 0.15) is 18.4 Å². The van der Waals surface area contributed by atoms with E-state index in [1.165, 1.54) is 7.11 Å². The first-order valence-electron chi connectivity index (χ1n) is 5.98. The Morgan fingerprint density at radius 3 is 2.95 bits per heavy atom. The van der Waals surface area contributed by atoms with Crippen LogP contribution in [0.2, 0.25) is 5.02 Å². The number of hydrogen-bond acceptors (Lipinski definition) is 4. The first-order valence-corrected chi connectivity index (χ1v) is 6.77. The second kappa shape index (κ2) is 5.75. The third kappa shape index (κ3) is 2.82. The molecule has 0 aliphatic carbocycles. The van der Waals surface area contributed by atoms with Crippen LogP contribution in [0, 0.1) is 0 Å². The van der Waals surface area contributed by atoms with Crippen LogP contribution in [0.3, 0.4) is 0 Å². The molecule has 1 saturated heterocycles. The zero-order valence-electron chi connectivity index (χ0n) is 10.6. The Morgan fingerprint density at radius 2 is 2.32 bits per heavy atom. The summed E-state index contributed by atoms with van der Waals surface area (Å²) in [5.41, 5.74) is 7.26. The van der Waals surface area contributed by atoms with Crippen LogP contribution in [0.15, 0.2) is 18.2 Å². The lowest BCUT2D eigenvalue weighted by atomic mass is 10.1. The zero-order chi connectivity index (χ0) is 14.0. The van der Waals surface area contributed by atoms with Crippen molar-refractivity contribution in [2.75, 3.05) is 18.6 Å². The monoisotopic (exact) mass is 298 g/mol. The van der Waals surface area contributed by atoms with Crippen molar-refractivity contribution in [2.24, 2.45) is 5.73 Å². The van der Waals surface area contributed by atoms with Gasteiger partial charge in [0.1, 0.15) is 11.0 Å². The Hall–Kier alpha value is -1.33. The minimum Gasteiger partial charge on any atom is -0.467 e. The predicted molar refractivity (Wildman–Crippen MR) is 79.7 cm³/mol. The van der Waals surface area contributed by atoms with Crippen molar-refractivity contribution in [3.63, 3.8) is 0 Å². The number of methoxy groups -OCH3 is 1. The molecule has 0 amide bonds. The van der Waals surface area contributed by atoms with Gasteiger partial charge in [0.05, 0.1) is 7.11 Å². The average molecular weight is 299 g/mol. The molecular formula is C13H15ClN2O2S. The van der Waals surface area contributed by atoms with Gasteiger partial charge in [-0.3, -0.25) is 0 Å². The Morgan fingerprint density at radius 1 is 1.58 bits per heavy atom. The molecule has 6 heteroatoms. The number of ether oxygens (including phenoxy) is 1. The van der Waals surface area contributed by atoms with Crippen LogP contribution in [0.25, 0.3) is 0 Å². The Labute approximate surface area is 122 Å². The molecule has 1 unspecified atom stereocenters. The van der Waals surface area contributed by atoms with Gasteiger partial charge in [-0.1, -0.05) is 23.8 Å². The molecule has 1 aliphatic rings. The molecule has 1 heterocycles. The highest BCUT2D eigenvalue weighted by Crippen LogP contribution is 2.31. The summed E-state index contributed by atoms with van der Waals surface area (Å²) < 4.78 is 4.84. The van der Waals surface area contributed by atoms with Gasteiger partial charge < -0.3 is 15.4 Å². The van der Waals surface area contributed by atoms with E-state index in [1.807, 2.05) is 4.90 Å². The zero-order valence-corrected chi connectivity index (χ0v) is 12.1. The minimum absolute atomic E-state index is 0.244. The smallest absolute Gasteiger partial charge is 0.328 e. The van der Waals surface area contributed by atoms with E-state index in [4.69, 9.17) is 34.3 Å². The SMILES string of the molecule is COC(=O)C1CCCN1c1cc(Cl)ccc1C(N)=S. The Bertz CT molecular complexity index is 521. The largest absolute Gasteiger partial charge is 0.467 e. The van der Waals surface area contributed by atoms with Gasteiger partial charge in [-0.2, -0.15) is 0 Å². The van der Waals surface area contributed by atoms with Gasteiger partial charge in [0.15, 0.2) is 0 Å². The van der Waals surface area contributed by atoms with Crippen LogP contribution >= 0.6 is 23.8 Å². The number of rotatable bonds is 3. The predicted octanol–water partition coefficient (Wildman–Crippen LogP) is 2.12. The topological polar surface area (TPSA) is 55.6 Å². The number of halogens is 1. The summed E-state index contributed by atoms with van der Waals surface area (Å²) in [7, 11) is 1.39. The lowest BCUT2D eigenvalue weighted by molar-refractivity contribution is -0.141. The van der Waals surface area contributed by atoms with Gasteiger partial charge in [0, 0.05) is 22.8 Å². The maximum atomic E-state index is 11.8. The minimum atomic E-state index is -0.295. The fraction of sp³-hybridized carbons (Fsp3) is 0.385. The Kier molecular flexibility index (Phi) is 4.27. The van der Waals surface area contributed by atoms with E-state index >= 15 is 0 Å². The molecule has 0 spiro atoms. The van der Waals surface area contributed by atoms with E-state index in [-0.39, 0.29) is 12.0 Å². The van der Waals surface area contributed by atoms with Crippen molar-refractivity contribution in [1.82, 2.24) is 0 Å².